The molecule has 2 rings (SSSR count). The summed E-state index contributed by atoms with van der Waals surface area (Å²) in [6.07, 6.45) is 3.68. The van der Waals surface area contributed by atoms with Gasteiger partial charge in [0, 0.05) is 16.7 Å². The molecule has 0 saturated carbocycles. The number of pyridine rings is 1. The highest BCUT2D eigenvalue weighted by Gasteiger charge is 1.97. The smallest absolute Gasteiger partial charge is 0.127 e. The van der Waals surface area contributed by atoms with Gasteiger partial charge in [-0.05, 0) is 42.5 Å². The van der Waals surface area contributed by atoms with E-state index in [1.54, 1.807) is 30.1 Å². The van der Waals surface area contributed by atoms with Crippen LogP contribution in [0, 0.1) is 17.7 Å². The molecule has 1 aromatic carbocycles. The van der Waals surface area contributed by atoms with Crippen molar-refractivity contribution in [3.05, 3.63) is 59.7 Å². The molecule has 0 radical (unpaired) electrons. The van der Waals surface area contributed by atoms with E-state index < -0.39 is 0 Å². The lowest BCUT2D eigenvalue weighted by Crippen LogP contribution is -1.85. The third-order valence-corrected chi connectivity index (χ3v) is 2.91. The van der Waals surface area contributed by atoms with Gasteiger partial charge < -0.3 is 0 Å². The highest BCUT2D eigenvalue weighted by atomic mass is 32.2. The third-order valence-electron chi connectivity index (χ3n) is 2.14. The number of benzene rings is 1. The van der Waals surface area contributed by atoms with Gasteiger partial charge in [-0.25, -0.2) is 9.37 Å². The second-order valence-corrected chi connectivity index (χ2v) is 4.16. The predicted octanol–water partition coefficient (Wildman–Crippen LogP) is 3.34. The summed E-state index contributed by atoms with van der Waals surface area (Å²) in [6, 6.07) is 10.1. The van der Waals surface area contributed by atoms with Gasteiger partial charge in [-0.1, -0.05) is 12.0 Å². The van der Waals surface area contributed by atoms with Gasteiger partial charge in [-0.15, -0.1) is 11.8 Å². The zero-order valence-electron chi connectivity index (χ0n) is 9.27. The highest BCUT2D eigenvalue weighted by Crippen LogP contribution is 2.16. The minimum Gasteiger partial charge on any atom is -0.247 e. The molecule has 1 nitrogen and oxygen atoms in total. The summed E-state index contributed by atoms with van der Waals surface area (Å²) in [5, 5.41) is 0. The van der Waals surface area contributed by atoms with Crippen LogP contribution in [0.25, 0.3) is 0 Å². The molecule has 0 fully saturated rings. The van der Waals surface area contributed by atoms with Crippen LogP contribution in [0.2, 0.25) is 0 Å². The first kappa shape index (κ1) is 11.7. The molecule has 0 aliphatic rings. The summed E-state index contributed by atoms with van der Waals surface area (Å²) < 4.78 is 13.0. The molecule has 0 amide bonds. The second-order valence-electron chi connectivity index (χ2n) is 3.31. The largest absolute Gasteiger partial charge is 0.247 e. The van der Waals surface area contributed by atoms with Gasteiger partial charge in [-0.2, -0.15) is 0 Å². The Morgan fingerprint density at radius 2 is 2.06 bits per heavy atom. The fourth-order valence-corrected chi connectivity index (χ4v) is 1.86. The van der Waals surface area contributed by atoms with Gasteiger partial charge in [0.2, 0.25) is 0 Å². The Morgan fingerprint density at radius 1 is 1.18 bits per heavy atom. The van der Waals surface area contributed by atoms with E-state index in [4.69, 9.17) is 0 Å². The maximum absolute atomic E-state index is 13.0. The second kappa shape index (κ2) is 5.51. The summed E-state index contributed by atoms with van der Waals surface area (Å²) in [5.74, 6) is 5.59. The van der Waals surface area contributed by atoms with Crippen LogP contribution in [-0.2, 0) is 0 Å². The van der Waals surface area contributed by atoms with E-state index in [0.717, 1.165) is 10.6 Å². The van der Waals surface area contributed by atoms with Crippen LogP contribution in [0.1, 0.15) is 11.3 Å². The average molecular weight is 243 g/mol. The SMILES string of the molecule is CSc1cccnc1C#Cc1cccc(F)c1. The van der Waals surface area contributed by atoms with E-state index in [0.29, 0.717) is 5.56 Å². The number of aromatic nitrogens is 1. The molecule has 0 spiro atoms. The first-order chi connectivity index (χ1) is 8.29. The first-order valence-electron chi connectivity index (χ1n) is 5.06. The van der Waals surface area contributed by atoms with E-state index in [2.05, 4.69) is 16.8 Å². The Labute approximate surface area is 104 Å². The molecule has 1 heterocycles. The van der Waals surface area contributed by atoms with Crippen LogP contribution in [0.5, 0.6) is 0 Å². The number of hydrogen-bond donors (Lipinski definition) is 0. The fourth-order valence-electron chi connectivity index (χ4n) is 1.35. The number of rotatable bonds is 1. The Balaban J connectivity index is 2.33. The fraction of sp³-hybridized carbons (Fsp3) is 0.0714. The van der Waals surface area contributed by atoms with E-state index >= 15 is 0 Å². The van der Waals surface area contributed by atoms with Crippen LogP contribution >= 0.6 is 11.8 Å². The van der Waals surface area contributed by atoms with E-state index in [1.165, 1.54) is 12.1 Å². The Hall–Kier alpha value is -1.79. The maximum atomic E-state index is 13.0. The molecule has 0 aliphatic heterocycles. The van der Waals surface area contributed by atoms with Crippen LogP contribution in [0.15, 0.2) is 47.5 Å². The predicted molar refractivity (Wildman–Crippen MR) is 68.4 cm³/mol. The zero-order valence-corrected chi connectivity index (χ0v) is 10.1. The molecule has 3 heteroatoms. The van der Waals surface area contributed by atoms with Crippen molar-refractivity contribution >= 4 is 11.8 Å². The molecule has 1 aromatic heterocycles. The van der Waals surface area contributed by atoms with Crippen LogP contribution in [0.3, 0.4) is 0 Å². The number of hydrogen-bond acceptors (Lipinski definition) is 2. The van der Waals surface area contributed by atoms with Gasteiger partial charge in [0.25, 0.3) is 0 Å². The lowest BCUT2D eigenvalue weighted by atomic mass is 10.2. The van der Waals surface area contributed by atoms with Crippen molar-refractivity contribution in [2.75, 3.05) is 6.26 Å². The molecule has 0 bridgehead atoms. The van der Waals surface area contributed by atoms with Gasteiger partial charge in [0.15, 0.2) is 0 Å². The molecule has 0 saturated heterocycles. The van der Waals surface area contributed by atoms with Crippen molar-refractivity contribution in [3.63, 3.8) is 0 Å². The van der Waals surface area contributed by atoms with Crippen molar-refractivity contribution in [1.29, 1.82) is 0 Å². The first-order valence-corrected chi connectivity index (χ1v) is 6.28. The molecular formula is C14H10FNS. The Morgan fingerprint density at radius 3 is 2.82 bits per heavy atom. The minimum atomic E-state index is -0.275. The lowest BCUT2D eigenvalue weighted by Gasteiger charge is -1.97. The van der Waals surface area contributed by atoms with Crippen LogP contribution in [0.4, 0.5) is 4.39 Å². The topological polar surface area (TPSA) is 12.9 Å². The number of nitrogens with zero attached hydrogens (tertiary/aromatic N) is 1. The number of thioether (sulfide) groups is 1. The van der Waals surface area contributed by atoms with Crippen molar-refractivity contribution < 1.29 is 4.39 Å². The molecule has 17 heavy (non-hydrogen) atoms. The summed E-state index contributed by atoms with van der Waals surface area (Å²) in [4.78, 5) is 5.22. The molecule has 2 aromatic rings. The van der Waals surface area contributed by atoms with E-state index in [-0.39, 0.29) is 5.82 Å². The Kier molecular flexibility index (Phi) is 3.79. The van der Waals surface area contributed by atoms with E-state index in [9.17, 15) is 4.39 Å². The van der Waals surface area contributed by atoms with Crippen molar-refractivity contribution in [2.45, 2.75) is 4.90 Å². The average Bonchev–Trinajstić information content (AvgIpc) is 2.37. The summed E-state index contributed by atoms with van der Waals surface area (Å²) in [5.41, 5.74) is 1.38. The van der Waals surface area contributed by atoms with E-state index in [1.807, 2.05) is 18.4 Å². The van der Waals surface area contributed by atoms with Crippen LogP contribution < -0.4 is 0 Å². The monoisotopic (exact) mass is 243 g/mol. The maximum Gasteiger partial charge on any atom is 0.127 e. The van der Waals surface area contributed by atoms with Gasteiger partial charge >= 0.3 is 0 Å². The van der Waals surface area contributed by atoms with Gasteiger partial charge in [-0.3, -0.25) is 0 Å². The quantitative estimate of drug-likeness (QED) is 0.563. The molecule has 0 unspecified atom stereocenters. The molecule has 0 aliphatic carbocycles. The summed E-state index contributed by atoms with van der Waals surface area (Å²) >= 11 is 1.59. The third kappa shape index (κ3) is 3.08. The van der Waals surface area contributed by atoms with Gasteiger partial charge in [0.05, 0.1) is 0 Å². The molecule has 84 valence electrons. The summed E-state index contributed by atoms with van der Waals surface area (Å²) in [6.45, 7) is 0. The lowest BCUT2D eigenvalue weighted by molar-refractivity contribution is 0.627. The standard InChI is InChI=1S/C14H10FNS/c1-17-14-6-3-9-16-13(14)8-7-11-4-2-5-12(15)10-11/h2-6,9-10H,1H3. The summed E-state index contributed by atoms with van der Waals surface area (Å²) in [7, 11) is 0. The van der Waals surface area contributed by atoms with Gasteiger partial charge in [0.1, 0.15) is 11.5 Å². The van der Waals surface area contributed by atoms with Crippen molar-refractivity contribution in [3.8, 4) is 11.8 Å². The number of halogens is 1. The minimum absolute atomic E-state index is 0.275. The van der Waals surface area contributed by atoms with Crippen molar-refractivity contribution in [2.24, 2.45) is 0 Å². The molecular weight excluding hydrogens is 233 g/mol. The Bertz CT molecular complexity index is 584. The van der Waals surface area contributed by atoms with Crippen molar-refractivity contribution in [1.82, 2.24) is 4.98 Å². The molecule has 0 atom stereocenters. The zero-order chi connectivity index (χ0) is 12.1. The normalized spacial score (nSPS) is 9.53. The van der Waals surface area contributed by atoms with Crippen LogP contribution in [-0.4, -0.2) is 11.2 Å². The molecule has 0 N–H and O–H groups in total. The highest BCUT2D eigenvalue weighted by molar-refractivity contribution is 7.98.